The van der Waals surface area contributed by atoms with Crippen molar-refractivity contribution >= 4 is 47.3 Å². The fourth-order valence-electron chi connectivity index (χ4n) is 2.41. The zero-order valence-electron chi connectivity index (χ0n) is 15.5. The third-order valence-corrected chi connectivity index (χ3v) is 5.44. The smallest absolute Gasteiger partial charge is 0.386 e. The normalized spacial score (nSPS) is 14.5. The van der Waals surface area contributed by atoms with E-state index in [0.29, 0.717) is 0 Å². The van der Waals surface area contributed by atoms with Crippen molar-refractivity contribution in [3.05, 3.63) is 77.9 Å². The molecule has 1 N–H and O–H groups in total. The fourth-order valence-corrected chi connectivity index (χ4v) is 3.55. The minimum atomic E-state index is 0. The van der Waals surface area contributed by atoms with Gasteiger partial charge >= 0.3 is 19.5 Å². The molecule has 0 unspecified atom stereocenters. The van der Waals surface area contributed by atoms with Gasteiger partial charge in [-0.3, -0.25) is 0 Å². The van der Waals surface area contributed by atoms with Crippen LogP contribution in [0.5, 0.6) is 0 Å². The van der Waals surface area contributed by atoms with Crippen LogP contribution in [0.4, 0.5) is 5.69 Å². The topological polar surface area (TPSA) is 18.5 Å². The average Bonchev–Trinajstić information content (AvgIpc) is 3.17. The first-order valence-electron chi connectivity index (χ1n) is 8.37. The number of benzene rings is 2. The quantitative estimate of drug-likeness (QED) is 0.302. The number of nitrogens with one attached hydrogen (secondary N) is 1. The summed E-state index contributed by atoms with van der Waals surface area (Å²) >= 11 is 9.17. The van der Waals surface area contributed by atoms with Gasteiger partial charge in [0.05, 0.1) is 0 Å². The second-order valence-electron chi connectivity index (χ2n) is 5.47. The summed E-state index contributed by atoms with van der Waals surface area (Å²) in [4.78, 5) is 0. The van der Waals surface area contributed by atoms with E-state index in [2.05, 4.69) is 57.4 Å². The van der Waals surface area contributed by atoms with E-state index in [4.69, 9.17) is 11.6 Å². The number of hydrogen-bond acceptors (Lipinski definition) is 5. The first-order valence-corrected chi connectivity index (χ1v) is 11.2. The van der Waals surface area contributed by atoms with Crippen LogP contribution in [0.1, 0.15) is 11.1 Å². The van der Waals surface area contributed by atoms with E-state index in [0.717, 1.165) is 30.9 Å². The van der Waals surface area contributed by atoms with Crippen molar-refractivity contribution in [2.75, 3.05) is 30.9 Å². The Morgan fingerprint density at radius 3 is 2.15 bits per heavy atom. The van der Waals surface area contributed by atoms with Crippen LogP contribution >= 0.6 is 35.5 Å². The molecular weight excluding hydrogens is 483 g/mol. The van der Waals surface area contributed by atoms with Gasteiger partial charge in [-0.05, 0) is 54.9 Å². The molecule has 1 aliphatic rings. The fraction of sp³-hybridized carbons (Fsp3) is 0.250. The first-order chi connectivity index (χ1) is 12.8. The van der Waals surface area contributed by atoms with Crippen molar-refractivity contribution in [1.29, 1.82) is 0 Å². The van der Waals surface area contributed by atoms with Crippen LogP contribution < -0.4 is 5.32 Å². The number of nitrogens with zero attached hydrogens (tertiary/aromatic N) is 2. The zero-order chi connectivity index (χ0) is 18.6. The summed E-state index contributed by atoms with van der Waals surface area (Å²) in [6.45, 7) is 5.25. The molecule has 7 heteroatoms. The molecule has 1 radical (unpaired) electrons. The molecule has 0 amide bonds. The summed E-state index contributed by atoms with van der Waals surface area (Å²) in [6.07, 6.45) is 6.10. The number of rotatable bonds is 6. The third kappa shape index (κ3) is 9.03. The van der Waals surface area contributed by atoms with Crippen molar-refractivity contribution in [1.82, 2.24) is 8.61 Å². The standard InChI is InChI=1S/C15H14ClN.C5H11N2S2.Ru/c16-11-10-13-6-4-5-7-14(13)12-17-15-8-2-1-3-9-15;1-8-6-3-4-7(5-6)9-2;/h1-11,17H,12H2;5H,3-4H2,1-2H3;/q;-1;+1/b11-10-;;. The van der Waals surface area contributed by atoms with Gasteiger partial charge in [0, 0.05) is 17.8 Å². The Labute approximate surface area is 189 Å². The van der Waals surface area contributed by atoms with Gasteiger partial charge in [-0.2, -0.15) is 6.67 Å². The molecule has 27 heavy (non-hydrogen) atoms. The van der Waals surface area contributed by atoms with Crippen molar-refractivity contribution in [3.8, 4) is 0 Å². The first kappa shape index (κ1) is 24.6. The van der Waals surface area contributed by atoms with Crippen LogP contribution in [0.3, 0.4) is 0 Å². The molecule has 1 fully saturated rings. The summed E-state index contributed by atoms with van der Waals surface area (Å²) < 4.78 is 4.47. The summed E-state index contributed by atoms with van der Waals surface area (Å²) in [5, 5.41) is 3.38. The molecule has 0 atom stereocenters. The molecular formula is C20H25ClN3RuS2. The van der Waals surface area contributed by atoms with E-state index in [1.54, 1.807) is 29.4 Å². The Morgan fingerprint density at radius 2 is 1.59 bits per heavy atom. The zero-order valence-corrected chi connectivity index (χ0v) is 19.6. The number of hydrogen-bond donors (Lipinski definition) is 1. The largest absolute Gasteiger partial charge is 1.00 e. The van der Waals surface area contributed by atoms with E-state index in [-0.39, 0.29) is 19.5 Å². The van der Waals surface area contributed by atoms with Crippen molar-refractivity contribution in [2.45, 2.75) is 6.54 Å². The average molecular weight is 508 g/mol. The molecule has 2 aromatic carbocycles. The van der Waals surface area contributed by atoms with E-state index in [1.165, 1.54) is 5.56 Å². The molecule has 2 aromatic rings. The second-order valence-corrected chi connectivity index (χ2v) is 7.39. The minimum Gasteiger partial charge on any atom is -0.386 e. The van der Waals surface area contributed by atoms with Crippen molar-refractivity contribution in [3.63, 3.8) is 0 Å². The van der Waals surface area contributed by atoms with Crippen LogP contribution in [0.25, 0.3) is 6.08 Å². The van der Waals surface area contributed by atoms with E-state index < -0.39 is 0 Å². The molecule has 3 nitrogen and oxygen atoms in total. The van der Waals surface area contributed by atoms with Crippen LogP contribution in [-0.2, 0) is 26.0 Å². The summed E-state index contributed by atoms with van der Waals surface area (Å²) in [5.74, 6) is 0. The molecule has 0 saturated carbocycles. The second kappa shape index (κ2) is 14.5. The maximum absolute atomic E-state index is 5.62. The molecule has 0 aliphatic carbocycles. The van der Waals surface area contributed by atoms with Gasteiger partial charge in [0.1, 0.15) is 0 Å². The van der Waals surface area contributed by atoms with Crippen molar-refractivity contribution in [2.24, 2.45) is 0 Å². The van der Waals surface area contributed by atoms with Gasteiger partial charge in [0.25, 0.3) is 0 Å². The minimum absolute atomic E-state index is 0. The SMILES string of the molecule is CSN1[CH-]N(SC)CC1.Cl/C=C\c1ccccc1CNc1ccccc1.[Ru+]. The van der Waals surface area contributed by atoms with Crippen molar-refractivity contribution < 1.29 is 19.5 Å². The van der Waals surface area contributed by atoms with Gasteiger partial charge in [-0.15, -0.1) is 23.9 Å². The third-order valence-electron chi connectivity index (χ3n) is 3.82. The summed E-state index contributed by atoms with van der Waals surface area (Å²) in [6, 6.07) is 18.4. The molecule has 1 aliphatic heterocycles. The van der Waals surface area contributed by atoms with Crippen LogP contribution in [0, 0.1) is 6.67 Å². The Kier molecular flexibility index (Phi) is 13.2. The molecule has 3 rings (SSSR count). The van der Waals surface area contributed by atoms with E-state index in [1.807, 2.05) is 36.4 Å². The summed E-state index contributed by atoms with van der Waals surface area (Å²) in [5.41, 5.74) is 5.04. The van der Waals surface area contributed by atoms with Gasteiger partial charge in [-0.25, -0.2) is 0 Å². The van der Waals surface area contributed by atoms with E-state index >= 15 is 0 Å². The Bertz CT molecular complexity index is 663. The Hall–Kier alpha value is -0.487. The number of para-hydroxylation sites is 1. The van der Waals surface area contributed by atoms with Gasteiger partial charge in [-0.1, -0.05) is 54.1 Å². The van der Waals surface area contributed by atoms with Crippen LogP contribution in [0.2, 0.25) is 0 Å². The number of anilines is 1. The van der Waals surface area contributed by atoms with Gasteiger partial charge < -0.3 is 13.9 Å². The summed E-state index contributed by atoms with van der Waals surface area (Å²) in [7, 11) is 0. The Balaban J connectivity index is 0.000000310. The molecule has 0 spiro atoms. The molecule has 0 bridgehead atoms. The predicted molar refractivity (Wildman–Crippen MR) is 120 cm³/mol. The van der Waals surface area contributed by atoms with Crippen LogP contribution in [-0.4, -0.2) is 34.2 Å². The molecule has 0 aromatic heterocycles. The van der Waals surface area contributed by atoms with E-state index in [9.17, 15) is 0 Å². The Morgan fingerprint density at radius 1 is 1.00 bits per heavy atom. The van der Waals surface area contributed by atoms with Gasteiger partial charge in [0.2, 0.25) is 0 Å². The maximum Gasteiger partial charge on any atom is 1.00 e. The monoisotopic (exact) mass is 508 g/mol. The van der Waals surface area contributed by atoms with Gasteiger partial charge in [0.15, 0.2) is 0 Å². The molecule has 147 valence electrons. The number of halogens is 1. The predicted octanol–water partition coefficient (Wildman–Crippen LogP) is 5.78. The maximum atomic E-state index is 5.62. The molecule has 1 saturated heterocycles. The molecule has 1 heterocycles. The van der Waals surface area contributed by atoms with Crippen LogP contribution in [0.15, 0.2) is 60.1 Å².